The maximum atomic E-state index is 5.10. The Morgan fingerprint density at radius 1 is 0.163 bits per heavy atom. The largest absolute Gasteiger partial charge is 0.255 e. The smallest absolute Gasteiger partial charge is 0.0973 e. The zero-order valence-corrected chi connectivity index (χ0v) is 46.0. The van der Waals surface area contributed by atoms with Crippen molar-refractivity contribution >= 4 is 87.2 Å². The Morgan fingerprint density at radius 2 is 0.477 bits per heavy atom. The van der Waals surface area contributed by atoms with Crippen LogP contribution >= 0.6 is 0 Å². The standard InChI is InChI=1S/C41H25N5.C35H21N5/c1-2-6-26(7-3-1)33-17-11-27-9-10-28-12-20-39(46-41(28)40(27)45-33)38-22-16-32-25-30(14-19-35(32)44-38)29-13-18-34-31(24-29)15-21-37(43-34)36-8-4-5-23-42-36;1-2-18-36-30(5-1)31-16-11-26-20-24(9-13-28(26)38-31)25-10-14-29-27(21-25)12-17-32(39-29)33-15-8-23-7-6-22-4-3-19-37-34(22)35(23)40-33/h1-25H;1-21H. The molecule has 0 atom stereocenters. The Hall–Kier alpha value is -11.9. The summed E-state index contributed by atoms with van der Waals surface area (Å²) >= 11 is 0. The molecule has 17 rings (SSSR count). The third kappa shape index (κ3) is 9.48. The number of rotatable bonds is 7. The second-order valence-electron chi connectivity index (χ2n) is 21.2. The molecule has 0 unspecified atom stereocenters. The fourth-order valence-corrected chi connectivity index (χ4v) is 11.4. The average Bonchev–Trinajstić information content (AvgIpc) is 3.39. The molecule has 400 valence electrons. The van der Waals surface area contributed by atoms with Crippen LogP contribution < -0.4 is 0 Å². The molecule has 10 nitrogen and oxygen atoms in total. The number of nitrogens with zero attached hydrogens (tertiary/aromatic N) is 10. The average molecular weight is 1100 g/mol. The lowest BCUT2D eigenvalue weighted by Crippen LogP contribution is -1.92. The normalized spacial score (nSPS) is 11.5. The quantitative estimate of drug-likeness (QED) is 0.142. The topological polar surface area (TPSA) is 129 Å². The van der Waals surface area contributed by atoms with E-state index in [-0.39, 0.29) is 0 Å². The Kier molecular flexibility index (Phi) is 12.3. The molecule has 0 N–H and O–H groups in total. The van der Waals surface area contributed by atoms with E-state index >= 15 is 0 Å². The van der Waals surface area contributed by atoms with Crippen molar-refractivity contribution in [3.8, 4) is 79.1 Å². The highest BCUT2D eigenvalue weighted by Gasteiger charge is 2.14. The number of hydrogen-bond acceptors (Lipinski definition) is 10. The van der Waals surface area contributed by atoms with Gasteiger partial charge in [0.2, 0.25) is 0 Å². The zero-order valence-electron chi connectivity index (χ0n) is 46.0. The molecule has 10 aromatic heterocycles. The summed E-state index contributed by atoms with van der Waals surface area (Å²) in [5.74, 6) is 0. The molecule has 0 amide bonds. The third-order valence-electron chi connectivity index (χ3n) is 15.8. The molecular formula is C76H46N10. The van der Waals surface area contributed by atoms with Crippen LogP contribution in [0.2, 0.25) is 0 Å². The Morgan fingerprint density at radius 3 is 0.884 bits per heavy atom. The van der Waals surface area contributed by atoms with E-state index in [1.54, 1.807) is 12.4 Å². The van der Waals surface area contributed by atoms with Gasteiger partial charge in [0.15, 0.2) is 0 Å². The minimum atomic E-state index is 0.824. The maximum Gasteiger partial charge on any atom is 0.0973 e. The molecule has 0 aliphatic carbocycles. The lowest BCUT2D eigenvalue weighted by atomic mass is 10.0. The lowest BCUT2D eigenvalue weighted by Gasteiger charge is -2.09. The van der Waals surface area contributed by atoms with Crippen LogP contribution in [-0.4, -0.2) is 49.8 Å². The van der Waals surface area contributed by atoms with E-state index in [0.29, 0.717) is 0 Å². The van der Waals surface area contributed by atoms with E-state index in [0.717, 1.165) is 166 Å². The van der Waals surface area contributed by atoms with E-state index in [2.05, 4.69) is 185 Å². The fourth-order valence-electron chi connectivity index (χ4n) is 11.4. The highest BCUT2D eigenvalue weighted by atomic mass is 14.8. The predicted octanol–water partition coefficient (Wildman–Crippen LogP) is 18.2. The fraction of sp³-hybridized carbons (Fsp3) is 0. The van der Waals surface area contributed by atoms with Crippen molar-refractivity contribution in [2.75, 3.05) is 0 Å². The van der Waals surface area contributed by atoms with Crippen molar-refractivity contribution < 1.29 is 0 Å². The monoisotopic (exact) mass is 1100 g/mol. The summed E-state index contributed by atoms with van der Waals surface area (Å²) in [7, 11) is 0. The SMILES string of the molecule is c1ccc(-c2ccc3cc(-c4ccc5nc(-c6ccc7ccc8cccnc8c7n6)ccc5c4)ccc3n2)nc1.c1ccc(-c2ccc3ccc4ccc(-c5ccc6cc(-c7ccc8nc(-c9ccccn9)ccc8c7)ccc6n5)nc4c3n2)cc1. The van der Waals surface area contributed by atoms with Crippen LogP contribution in [0.5, 0.6) is 0 Å². The second kappa shape index (κ2) is 21.1. The first-order valence-corrected chi connectivity index (χ1v) is 28.4. The number of fused-ring (bicyclic) bond motifs is 10. The Balaban J connectivity index is 0.000000141. The van der Waals surface area contributed by atoms with Gasteiger partial charge in [-0.15, -0.1) is 0 Å². The van der Waals surface area contributed by atoms with Crippen LogP contribution in [0.1, 0.15) is 0 Å². The molecule has 0 saturated carbocycles. The summed E-state index contributed by atoms with van der Waals surface area (Å²) < 4.78 is 0. The van der Waals surface area contributed by atoms with E-state index in [1.165, 1.54) is 0 Å². The zero-order chi connectivity index (χ0) is 56.9. The summed E-state index contributed by atoms with van der Waals surface area (Å²) in [6, 6.07) is 89.1. The molecule has 0 aliphatic rings. The molecule has 0 aliphatic heterocycles. The molecule has 0 spiro atoms. The lowest BCUT2D eigenvalue weighted by molar-refractivity contribution is 1.28. The predicted molar refractivity (Wildman–Crippen MR) is 349 cm³/mol. The number of benzene rings is 7. The van der Waals surface area contributed by atoms with Gasteiger partial charge in [0.05, 0.1) is 95.4 Å². The van der Waals surface area contributed by atoms with Crippen LogP contribution in [-0.2, 0) is 0 Å². The van der Waals surface area contributed by atoms with Crippen LogP contribution in [0.4, 0.5) is 0 Å². The van der Waals surface area contributed by atoms with Gasteiger partial charge >= 0.3 is 0 Å². The van der Waals surface area contributed by atoms with Crippen molar-refractivity contribution in [1.29, 1.82) is 0 Å². The van der Waals surface area contributed by atoms with Crippen molar-refractivity contribution in [3.63, 3.8) is 0 Å². The van der Waals surface area contributed by atoms with Crippen LogP contribution in [0, 0.1) is 0 Å². The first kappa shape index (κ1) is 49.9. The van der Waals surface area contributed by atoms with Gasteiger partial charge in [-0.05, 0) is 144 Å². The molecule has 7 aromatic carbocycles. The number of aromatic nitrogens is 10. The molecule has 0 radical (unpaired) electrons. The first-order chi connectivity index (χ1) is 42.5. The molecule has 0 fully saturated rings. The van der Waals surface area contributed by atoms with E-state index in [1.807, 2.05) is 97.2 Å². The minimum absolute atomic E-state index is 0.824. The van der Waals surface area contributed by atoms with Crippen LogP contribution in [0.3, 0.4) is 0 Å². The first-order valence-electron chi connectivity index (χ1n) is 28.4. The highest BCUT2D eigenvalue weighted by Crippen LogP contribution is 2.34. The van der Waals surface area contributed by atoms with E-state index in [9.17, 15) is 0 Å². The molecule has 10 heteroatoms. The van der Waals surface area contributed by atoms with Crippen molar-refractivity contribution in [3.05, 3.63) is 279 Å². The van der Waals surface area contributed by atoms with Crippen molar-refractivity contribution in [2.24, 2.45) is 0 Å². The number of hydrogen-bond donors (Lipinski definition) is 0. The van der Waals surface area contributed by atoms with Gasteiger partial charge in [-0.3, -0.25) is 15.0 Å². The van der Waals surface area contributed by atoms with Crippen LogP contribution in [0.15, 0.2) is 279 Å². The summed E-state index contributed by atoms with van der Waals surface area (Å²) in [4.78, 5) is 48.2. The van der Waals surface area contributed by atoms with E-state index < -0.39 is 0 Å². The van der Waals surface area contributed by atoms with Gasteiger partial charge in [0.1, 0.15) is 0 Å². The summed E-state index contributed by atoms with van der Waals surface area (Å²) in [6.45, 7) is 0. The molecule has 0 saturated heterocycles. The Labute approximate surface area is 493 Å². The summed E-state index contributed by atoms with van der Waals surface area (Å²) in [5, 5.41) is 8.60. The number of pyridine rings is 10. The molecule has 86 heavy (non-hydrogen) atoms. The summed E-state index contributed by atoms with van der Waals surface area (Å²) in [6.07, 6.45) is 5.40. The third-order valence-corrected chi connectivity index (χ3v) is 15.8. The van der Waals surface area contributed by atoms with Gasteiger partial charge in [-0.1, -0.05) is 140 Å². The minimum Gasteiger partial charge on any atom is -0.255 e. The maximum absolute atomic E-state index is 5.10. The molecular weight excluding hydrogens is 1050 g/mol. The molecule has 10 heterocycles. The van der Waals surface area contributed by atoms with Crippen LogP contribution in [0.25, 0.3) is 166 Å². The van der Waals surface area contributed by atoms with Gasteiger partial charge in [0, 0.05) is 67.2 Å². The van der Waals surface area contributed by atoms with Crippen molar-refractivity contribution in [2.45, 2.75) is 0 Å². The van der Waals surface area contributed by atoms with E-state index in [4.69, 9.17) is 34.9 Å². The molecule has 0 bridgehead atoms. The van der Waals surface area contributed by atoms with Gasteiger partial charge < -0.3 is 0 Å². The Bertz CT molecular complexity index is 5490. The van der Waals surface area contributed by atoms with Gasteiger partial charge in [0.25, 0.3) is 0 Å². The van der Waals surface area contributed by atoms with Gasteiger partial charge in [-0.25, -0.2) is 34.9 Å². The van der Waals surface area contributed by atoms with Gasteiger partial charge in [-0.2, -0.15) is 0 Å². The van der Waals surface area contributed by atoms with Crippen molar-refractivity contribution in [1.82, 2.24) is 49.8 Å². The summed E-state index contributed by atoms with van der Waals surface area (Å²) in [5.41, 5.74) is 20.7. The highest BCUT2D eigenvalue weighted by molar-refractivity contribution is 6.05. The molecule has 17 aromatic rings. The second-order valence-corrected chi connectivity index (χ2v) is 21.2.